The average Bonchev–Trinajstić information content (AvgIpc) is 3.51. The molecule has 6 aromatic carbocycles. The van der Waals surface area contributed by atoms with Gasteiger partial charge in [-0.3, -0.25) is 9.98 Å². The van der Waals surface area contributed by atoms with Gasteiger partial charge in [-0.15, -0.1) is 0 Å². The van der Waals surface area contributed by atoms with Crippen molar-refractivity contribution in [2.24, 2.45) is 9.98 Å². The molecule has 2 unspecified atom stereocenters. The van der Waals surface area contributed by atoms with E-state index in [1.54, 1.807) is 11.8 Å². The Labute approximate surface area is 476 Å². The summed E-state index contributed by atoms with van der Waals surface area (Å²) in [5.41, 5.74) is 9.19. The lowest BCUT2D eigenvalue weighted by atomic mass is 9.76. The van der Waals surface area contributed by atoms with Gasteiger partial charge in [0.25, 0.3) is 0 Å². The van der Waals surface area contributed by atoms with Gasteiger partial charge in [-0.05, 0) is 181 Å². The second-order valence-corrected chi connectivity index (χ2v) is 24.2. The average molecular weight is 1140 g/mol. The minimum atomic E-state index is -0.377. The highest BCUT2D eigenvalue weighted by molar-refractivity contribution is 7.99. The molecule has 2 atom stereocenters. The molecule has 2 aliphatic carbocycles. The Morgan fingerprint density at radius 2 is 1.27 bits per heavy atom. The maximum Gasteiger partial charge on any atom is 0.154 e. The molecule has 2 fully saturated rings. The van der Waals surface area contributed by atoms with Gasteiger partial charge in [-0.2, -0.15) is 0 Å². The fourth-order valence-electron chi connectivity index (χ4n) is 11.4. The van der Waals surface area contributed by atoms with Gasteiger partial charge in [0.2, 0.25) is 0 Å². The largest absolute Gasteiger partial charge is 0.455 e. The van der Waals surface area contributed by atoms with E-state index in [0.29, 0.717) is 43.0 Å². The number of fused-ring (bicyclic) bond motifs is 4. The fraction of sp³-hybridized carbons (Fsp3) is 0.226. The van der Waals surface area contributed by atoms with E-state index in [1.165, 1.54) is 0 Å². The molecule has 0 saturated carbocycles. The van der Waals surface area contributed by atoms with Gasteiger partial charge in [0.05, 0.1) is 82.4 Å². The molecule has 77 heavy (non-hydrogen) atoms. The van der Waals surface area contributed by atoms with Crippen molar-refractivity contribution in [3.05, 3.63) is 199 Å². The standard InChI is InChI=1S/C62H53Cl5N8OS/c1-61(2)35-40(70-53-30-57-51(32-59(53)76-43-12-8-5-9-13-43)72-50-27-38(63)15-21-55(50)74(57)41-10-6-4-7-11-41)36-62(3,73-61)34-37-14-20-49-56(26-37)75(42-16-18-45(64)47(66)28-42)58-31-54(69-39-22-24-68-25-23-39)60(33-52(58)71-49)77-44-17-19-46(65)48(67)29-44/h4-21,26-33,39-40,68,73H,22-25,34-36H2,1-3H3. The van der Waals surface area contributed by atoms with Crippen LogP contribution >= 0.6 is 69.8 Å². The molecule has 0 radical (unpaired) electrons. The molecule has 0 amide bonds. The van der Waals surface area contributed by atoms with Gasteiger partial charge in [0.1, 0.15) is 11.1 Å². The van der Waals surface area contributed by atoms with Gasteiger partial charge in [0.15, 0.2) is 5.75 Å². The molecule has 4 heterocycles. The number of hydrogen-bond acceptors (Lipinski definition) is 8. The Bertz CT molecular complexity index is 3960. The Kier molecular flexibility index (Phi) is 14.4. The number of piperidine rings is 2. The molecule has 6 aliphatic rings. The van der Waals surface area contributed by atoms with E-state index in [2.05, 4.69) is 89.1 Å². The van der Waals surface area contributed by atoms with Crippen molar-refractivity contribution in [1.82, 2.24) is 29.7 Å². The predicted octanol–water partition coefficient (Wildman–Crippen LogP) is 15.9. The third-order valence-electron chi connectivity index (χ3n) is 14.4. The summed E-state index contributed by atoms with van der Waals surface area (Å²) in [5, 5.41) is 11.8. The number of nitrogens with zero attached hydrogens (tertiary/aromatic N) is 6. The molecule has 0 aromatic heterocycles. The van der Waals surface area contributed by atoms with Crippen LogP contribution in [0.25, 0.3) is 56.2 Å². The SMILES string of the molecule is CC1(C)CC(N=c2cc3n(-c4ccccc4)c4ccc(Cl)cc4nc-3cc2Oc2ccccc2)CC(C)(Cc2ccc3nc4cc(Sc5ccc(Cl)c(Cl)c5)c(=NC5CCNCC5)cc-4n(-c4ccc(Cl)c(Cl)c4)c3c2)N1. The molecule has 0 spiro atoms. The molecule has 9 nitrogen and oxygen atoms in total. The molecular weight excluding hydrogens is 1080 g/mol. The number of rotatable bonds is 10. The minimum absolute atomic E-state index is 0.0745. The van der Waals surface area contributed by atoms with Crippen molar-refractivity contribution in [2.75, 3.05) is 13.1 Å². The number of halogens is 5. The summed E-state index contributed by atoms with van der Waals surface area (Å²) in [6, 6.07) is 52.7. The van der Waals surface area contributed by atoms with Crippen LogP contribution in [0.2, 0.25) is 25.1 Å². The minimum Gasteiger partial charge on any atom is -0.455 e. The molecule has 0 bridgehead atoms. The van der Waals surface area contributed by atoms with Gasteiger partial charge in [-0.25, -0.2) is 9.97 Å². The summed E-state index contributed by atoms with van der Waals surface area (Å²) in [7, 11) is 0. The van der Waals surface area contributed by atoms with Crippen molar-refractivity contribution in [3.63, 3.8) is 0 Å². The lowest BCUT2D eigenvalue weighted by molar-refractivity contribution is 0.148. The molecule has 15 heteroatoms. The molecule has 2 N–H and O–H groups in total. The van der Waals surface area contributed by atoms with Crippen LogP contribution in [0.5, 0.6) is 11.5 Å². The topological polar surface area (TPSA) is 93.7 Å². The number of para-hydroxylation sites is 2. The zero-order valence-electron chi connectivity index (χ0n) is 42.5. The van der Waals surface area contributed by atoms with Crippen LogP contribution in [0.1, 0.15) is 52.0 Å². The van der Waals surface area contributed by atoms with Gasteiger partial charge in [0, 0.05) is 43.3 Å². The molecule has 6 aromatic rings. The molecular formula is C62H53Cl5N8OS. The molecule has 388 valence electrons. The number of ether oxygens (including phenoxy) is 1. The van der Waals surface area contributed by atoms with E-state index in [-0.39, 0.29) is 23.2 Å². The summed E-state index contributed by atoms with van der Waals surface area (Å²) in [6.07, 6.45) is 4.17. The lowest BCUT2D eigenvalue weighted by Crippen LogP contribution is -2.61. The van der Waals surface area contributed by atoms with Crippen LogP contribution in [0.4, 0.5) is 0 Å². The Morgan fingerprint density at radius 1 is 0.597 bits per heavy atom. The Balaban J connectivity index is 0.975. The summed E-state index contributed by atoms with van der Waals surface area (Å²) in [4.78, 5) is 23.6. The highest BCUT2D eigenvalue weighted by Crippen LogP contribution is 2.40. The van der Waals surface area contributed by atoms with Crippen LogP contribution in [-0.4, -0.2) is 55.4 Å². The third-order valence-corrected chi connectivity index (χ3v) is 17.2. The Hall–Kier alpha value is -5.92. The highest BCUT2D eigenvalue weighted by Gasteiger charge is 2.41. The second kappa shape index (κ2) is 21.4. The van der Waals surface area contributed by atoms with Crippen LogP contribution in [0, 0.1) is 0 Å². The number of benzene rings is 8. The summed E-state index contributed by atoms with van der Waals surface area (Å²) in [5.74, 6) is 1.34. The predicted molar refractivity (Wildman–Crippen MR) is 317 cm³/mol. The summed E-state index contributed by atoms with van der Waals surface area (Å²) >= 11 is 34.5. The van der Waals surface area contributed by atoms with E-state index in [1.807, 2.05) is 109 Å². The normalized spacial score (nSPS) is 18.5. The second-order valence-electron chi connectivity index (χ2n) is 21.0. The zero-order valence-corrected chi connectivity index (χ0v) is 47.1. The fourth-order valence-corrected chi connectivity index (χ4v) is 13.1. The van der Waals surface area contributed by atoms with Crippen LogP contribution in [-0.2, 0) is 6.42 Å². The summed E-state index contributed by atoms with van der Waals surface area (Å²) < 4.78 is 11.2. The molecule has 4 aliphatic heterocycles. The smallest absolute Gasteiger partial charge is 0.154 e. The van der Waals surface area contributed by atoms with Crippen molar-refractivity contribution in [2.45, 2.75) is 85.8 Å². The van der Waals surface area contributed by atoms with E-state index in [9.17, 15) is 0 Å². The first-order chi connectivity index (χ1) is 37.2. The monoisotopic (exact) mass is 1130 g/mol. The maximum atomic E-state index is 6.84. The van der Waals surface area contributed by atoms with Crippen molar-refractivity contribution in [1.29, 1.82) is 0 Å². The van der Waals surface area contributed by atoms with Crippen LogP contribution in [0.3, 0.4) is 0 Å². The molecule has 2 saturated heterocycles. The number of aromatic nitrogens is 4. The van der Waals surface area contributed by atoms with E-state index >= 15 is 0 Å². The van der Waals surface area contributed by atoms with Gasteiger partial charge < -0.3 is 24.5 Å². The first-order valence-corrected chi connectivity index (χ1v) is 28.5. The van der Waals surface area contributed by atoms with Gasteiger partial charge in [-0.1, -0.05) is 112 Å². The molecule has 12 rings (SSSR count). The number of nitrogens with one attached hydrogen (secondary N) is 2. The van der Waals surface area contributed by atoms with Crippen LogP contribution < -0.4 is 26.1 Å². The first kappa shape index (κ1) is 51.8. The zero-order chi connectivity index (χ0) is 53.0. The highest BCUT2D eigenvalue weighted by atomic mass is 35.5. The maximum absolute atomic E-state index is 6.84. The first-order valence-electron chi connectivity index (χ1n) is 25.8. The van der Waals surface area contributed by atoms with E-state index in [4.69, 9.17) is 82.7 Å². The van der Waals surface area contributed by atoms with Crippen molar-refractivity contribution < 1.29 is 4.74 Å². The number of hydrogen-bond donors (Lipinski definition) is 2. The van der Waals surface area contributed by atoms with E-state index < -0.39 is 0 Å². The Morgan fingerprint density at radius 3 is 2.03 bits per heavy atom. The summed E-state index contributed by atoms with van der Waals surface area (Å²) in [6.45, 7) is 8.70. The third kappa shape index (κ3) is 11.1. The lowest BCUT2D eigenvalue weighted by Gasteiger charge is -2.47. The van der Waals surface area contributed by atoms with Gasteiger partial charge >= 0.3 is 0 Å². The van der Waals surface area contributed by atoms with Crippen molar-refractivity contribution in [3.8, 4) is 45.6 Å². The van der Waals surface area contributed by atoms with Crippen molar-refractivity contribution >= 4 is 91.8 Å². The van der Waals surface area contributed by atoms with Crippen LogP contribution in [0.15, 0.2) is 178 Å². The van der Waals surface area contributed by atoms with E-state index in [0.717, 1.165) is 121 Å². The quantitative estimate of drug-likeness (QED) is 0.133.